The maximum atomic E-state index is 6.21. The van der Waals surface area contributed by atoms with Crippen molar-refractivity contribution in [2.24, 2.45) is 17.6 Å². The van der Waals surface area contributed by atoms with Gasteiger partial charge in [0.1, 0.15) is 0 Å². The molecule has 0 amide bonds. The van der Waals surface area contributed by atoms with Crippen molar-refractivity contribution in [1.82, 2.24) is 4.90 Å². The van der Waals surface area contributed by atoms with Gasteiger partial charge >= 0.3 is 0 Å². The van der Waals surface area contributed by atoms with Gasteiger partial charge < -0.3 is 10.6 Å². The SMILES string of the molecule is CCCN(C)CC1CC(CC)CCC1N. The summed E-state index contributed by atoms with van der Waals surface area (Å²) in [7, 11) is 2.23. The van der Waals surface area contributed by atoms with Gasteiger partial charge in [-0.3, -0.25) is 0 Å². The highest BCUT2D eigenvalue weighted by Crippen LogP contribution is 2.30. The first-order valence-corrected chi connectivity index (χ1v) is 6.61. The van der Waals surface area contributed by atoms with Crippen LogP contribution in [-0.4, -0.2) is 31.1 Å². The molecule has 1 aliphatic rings. The van der Waals surface area contributed by atoms with Crippen LogP contribution in [0.1, 0.15) is 46.0 Å². The van der Waals surface area contributed by atoms with Crippen molar-refractivity contribution in [3.8, 4) is 0 Å². The van der Waals surface area contributed by atoms with Gasteiger partial charge in [0.05, 0.1) is 0 Å². The molecular formula is C13H28N2. The van der Waals surface area contributed by atoms with Crippen molar-refractivity contribution in [3.63, 3.8) is 0 Å². The van der Waals surface area contributed by atoms with E-state index in [1.54, 1.807) is 0 Å². The fourth-order valence-corrected chi connectivity index (χ4v) is 2.84. The maximum Gasteiger partial charge on any atom is 0.00795 e. The highest BCUT2D eigenvalue weighted by molar-refractivity contribution is 4.83. The van der Waals surface area contributed by atoms with Crippen LogP contribution in [-0.2, 0) is 0 Å². The van der Waals surface area contributed by atoms with Crippen molar-refractivity contribution in [3.05, 3.63) is 0 Å². The third-order valence-electron chi connectivity index (χ3n) is 3.88. The molecule has 90 valence electrons. The Kier molecular flexibility index (Phi) is 5.62. The molecule has 2 heteroatoms. The first-order chi connectivity index (χ1) is 7.17. The number of nitrogens with zero attached hydrogens (tertiary/aromatic N) is 1. The molecule has 1 saturated carbocycles. The first-order valence-electron chi connectivity index (χ1n) is 6.61. The minimum absolute atomic E-state index is 0.451. The monoisotopic (exact) mass is 212 g/mol. The van der Waals surface area contributed by atoms with Crippen molar-refractivity contribution in [2.75, 3.05) is 20.1 Å². The molecule has 0 bridgehead atoms. The topological polar surface area (TPSA) is 29.3 Å². The van der Waals surface area contributed by atoms with E-state index in [1.165, 1.54) is 45.2 Å². The zero-order valence-corrected chi connectivity index (χ0v) is 10.7. The lowest BCUT2D eigenvalue weighted by atomic mass is 9.77. The Hall–Kier alpha value is -0.0800. The Morgan fingerprint density at radius 3 is 2.60 bits per heavy atom. The van der Waals surface area contributed by atoms with Gasteiger partial charge in [-0.25, -0.2) is 0 Å². The van der Waals surface area contributed by atoms with Gasteiger partial charge in [0, 0.05) is 12.6 Å². The van der Waals surface area contributed by atoms with Crippen molar-refractivity contribution in [2.45, 2.75) is 52.0 Å². The largest absolute Gasteiger partial charge is 0.327 e. The van der Waals surface area contributed by atoms with Crippen LogP contribution in [0.3, 0.4) is 0 Å². The van der Waals surface area contributed by atoms with E-state index < -0.39 is 0 Å². The summed E-state index contributed by atoms with van der Waals surface area (Å²) in [5.41, 5.74) is 6.21. The van der Waals surface area contributed by atoms with Crippen LogP contribution in [0.15, 0.2) is 0 Å². The van der Waals surface area contributed by atoms with Crippen LogP contribution >= 0.6 is 0 Å². The molecule has 0 aromatic carbocycles. The number of rotatable bonds is 5. The molecule has 3 atom stereocenters. The Morgan fingerprint density at radius 2 is 2.00 bits per heavy atom. The molecule has 3 unspecified atom stereocenters. The normalized spacial score (nSPS) is 32.2. The summed E-state index contributed by atoms with van der Waals surface area (Å²) < 4.78 is 0. The van der Waals surface area contributed by atoms with Crippen LogP contribution in [0.4, 0.5) is 0 Å². The summed E-state index contributed by atoms with van der Waals surface area (Å²) in [5, 5.41) is 0. The summed E-state index contributed by atoms with van der Waals surface area (Å²) >= 11 is 0. The van der Waals surface area contributed by atoms with Crippen LogP contribution in [0.5, 0.6) is 0 Å². The fourth-order valence-electron chi connectivity index (χ4n) is 2.84. The number of nitrogens with two attached hydrogens (primary N) is 1. The van der Waals surface area contributed by atoms with E-state index in [-0.39, 0.29) is 0 Å². The zero-order chi connectivity index (χ0) is 11.3. The van der Waals surface area contributed by atoms with Gasteiger partial charge in [-0.15, -0.1) is 0 Å². The summed E-state index contributed by atoms with van der Waals surface area (Å²) in [6.45, 7) is 6.96. The molecule has 0 aliphatic heterocycles. The van der Waals surface area contributed by atoms with E-state index in [9.17, 15) is 0 Å². The lowest BCUT2D eigenvalue weighted by Gasteiger charge is -2.36. The van der Waals surface area contributed by atoms with Crippen molar-refractivity contribution >= 4 is 0 Å². The molecule has 2 N–H and O–H groups in total. The van der Waals surface area contributed by atoms with E-state index in [0.717, 1.165) is 11.8 Å². The second-order valence-electron chi connectivity index (χ2n) is 5.27. The van der Waals surface area contributed by atoms with Crippen molar-refractivity contribution in [1.29, 1.82) is 0 Å². The summed E-state index contributed by atoms with van der Waals surface area (Å²) in [6.07, 6.45) is 6.52. The second kappa shape index (κ2) is 6.49. The minimum atomic E-state index is 0.451. The number of hydrogen-bond acceptors (Lipinski definition) is 2. The van der Waals surface area contributed by atoms with Gasteiger partial charge in [-0.05, 0) is 51.1 Å². The number of hydrogen-bond donors (Lipinski definition) is 1. The second-order valence-corrected chi connectivity index (χ2v) is 5.27. The minimum Gasteiger partial charge on any atom is -0.327 e. The molecule has 0 heterocycles. The average Bonchev–Trinajstić information content (AvgIpc) is 2.21. The Bertz CT molecular complexity index is 170. The zero-order valence-electron chi connectivity index (χ0n) is 10.7. The molecule has 0 radical (unpaired) electrons. The molecule has 0 spiro atoms. The molecule has 1 fully saturated rings. The van der Waals surface area contributed by atoms with E-state index >= 15 is 0 Å². The third-order valence-corrected chi connectivity index (χ3v) is 3.88. The van der Waals surface area contributed by atoms with E-state index in [2.05, 4.69) is 25.8 Å². The molecule has 1 rings (SSSR count). The molecule has 2 nitrogen and oxygen atoms in total. The van der Waals surface area contributed by atoms with Gasteiger partial charge in [0.25, 0.3) is 0 Å². The van der Waals surface area contributed by atoms with Crippen molar-refractivity contribution < 1.29 is 0 Å². The fraction of sp³-hybridized carbons (Fsp3) is 1.00. The highest BCUT2D eigenvalue weighted by Gasteiger charge is 2.27. The smallest absolute Gasteiger partial charge is 0.00795 e. The lowest BCUT2D eigenvalue weighted by Crippen LogP contribution is -2.42. The first kappa shape index (κ1) is 13.0. The van der Waals surface area contributed by atoms with Crippen LogP contribution in [0.2, 0.25) is 0 Å². The van der Waals surface area contributed by atoms with E-state index in [0.29, 0.717) is 6.04 Å². The van der Waals surface area contributed by atoms with Gasteiger partial charge in [0.2, 0.25) is 0 Å². The van der Waals surface area contributed by atoms with E-state index in [4.69, 9.17) is 5.73 Å². The molecule has 0 saturated heterocycles. The summed E-state index contributed by atoms with van der Waals surface area (Å²) in [5.74, 6) is 1.67. The van der Waals surface area contributed by atoms with Gasteiger partial charge in [-0.2, -0.15) is 0 Å². The maximum absolute atomic E-state index is 6.21. The highest BCUT2D eigenvalue weighted by atomic mass is 15.1. The summed E-state index contributed by atoms with van der Waals surface area (Å²) in [6, 6.07) is 0.451. The van der Waals surface area contributed by atoms with Crippen LogP contribution in [0.25, 0.3) is 0 Å². The van der Waals surface area contributed by atoms with Crippen LogP contribution < -0.4 is 5.73 Å². The molecular weight excluding hydrogens is 184 g/mol. The average molecular weight is 212 g/mol. The molecule has 0 aromatic rings. The quantitative estimate of drug-likeness (QED) is 0.758. The lowest BCUT2D eigenvalue weighted by molar-refractivity contribution is 0.172. The predicted molar refractivity (Wildman–Crippen MR) is 66.9 cm³/mol. The van der Waals surface area contributed by atoms with Gasteiger partial charge in [-0.1, -0.05) is 20.3 Å². The molecule has 0 aromatic heterocycles. The van der Waals surface area contributed by atoms with Gasteiger partial charge in [0.15, 0.2) is 0 Å². The van der Waals surface area contributed by atoms with E-state index in [1.807, 2.05) is 0 Å². The Balaban J connectivity index is 2.36. The Morgan fingerprint density at radius 1 is 1.27 bits per heavy atom. The summed E-state index contributed by atoms with van der Waals surface area (Å²) in [4.78, 5) is 2.45. The third kappa shape index (κ3) is 4.12. The Labute approximate surface area is 95.2 Å². The standard InChI is InChI=1S/C13H28N2/c1-4-8-15(3)10-12-9-11(5-2)6-7-13(12)14/h11-13H,4-10,14H2,1-3H3. The molecule has 15 heavy (non-hydrogen) atoms. The molecule has 1 aliphatic carbocycles. The predicted octanol–water partition coefficient (Wildman–Crippen LogP) is 2.48. The van der Waals surface area contributed by atoms with Crippen LogP contribution in [0, 0.1) is 11.8 Å².